The van der Waals surface area contributed by atoms with Gasteiger partial charge in [0.15, 0.2) is 0 Å². The minimum absolute atomic E-state index is 0.483. The van der Waals surface area contributed by atoms with E-state index in [-0.39, 0.29) is 0 Å². The molecule has 132 valence electrons. The fourth-order valence-corrected chi connectivity index (χ4v) is 1.87. The third-order valence-electron chi connectivity index (χ3n) is 3.30. The average Bonchev–Trinajstić information content (AvgIpc) is 2.54. The maximum atomic E-state index is 9.60. The predicted octanol–water partition coefficient (Wildman–Crippen LogP) is 4.05. The molecule has 0 fully saturated rings. The zero-order valence-corrected chi connectivity index (χ0v) is 14.9. The number of aliphatic hydroxyl groups is 1. The Morgan fingerprint density at radius 2 is 2.25 bits per heavy atom. The Hall–Kier alpha value is -2.20. The zero-order chi connectivity index (χ0) is 17.8. The van der Waals surface area contributed by atoms with Gasteiger partial charge in [-0.25, -0.2) is 0 Å². The first-order valence-electron chi connectivity index (χ1n) is 8.18. The van der Waals surface area contributed by atoms with Crippen molar-refractivity contribution in [2.24, 2.45) is 0 Å². The van der Waals surface area contributed by atoms with E-state index < -0.39 is 5.60 Å². The fourth-order valence-electron chi connectivity index (χ4n) is 1.87. The van der Waals surface area contributed by atoms with Crippen molar-refractivity contribution in [1.82, 2.24) is 4.90 Å². The van der Waals surface area contributed by atoms with Crippen LogP contribution in [0.4, 0.5) is 0 Å². The first kappa shape index (κ1) is 19.8. The van der Waals surface area contributed by atoms with Gasteiger partial charge >= 0.3 is 0 Å². The van der Waals surface area contributed by atoms with Crippen LogP contribution in [-0.2, 0) is 9.47 Å². The molecule has 0 aromatic rings. The normalized spacial score (nSPS) is 15.9. The van der Waals surface area contributed by atoms with E-state index in [2.05, 4.69) is 11.5 Å². The van der Waals surface area contributed by atoms with Crippen LogP contribution < -0.4 is 0 Å². The molecule has 4 heteroatoms. The third-order valence-corrected chi connectivity index (χ3v) is 3.30. The van der Waals surface area contributed by atoms with Crippen molar-refractivity contribution in [1.29, 1.82) is 0 Å². The Morgan fingerprint density at radius 3 is 2.83 bits per heavy atom. The standard InChI is InChI=1S/C20H29NO3/c1-5-7-16-24-19-10-13-21(14-11-19)18(6-2)9-8-15-23-17-12-20(3,4)22/h5-11,13,15,22H,2,12,14,16-17H2,1,3-4H3/b7-5+,15-8+,18-9+. The van der Waals surface area contributed by atoms with Crippen LogP contribution in [0.25, 0.3) is 0 Å². The smallest absolute Gasteiger partial charge is 0.119 e. The van der Waals surface area contributed by atoms with Crippen molar-refractivity contribution < 1.29 is 14.6 Å². The molecule has 0 aromatic carbocycles. The third kappa shape index (κ3) is 8.44. The van der Waals surface area contributed by atoms with Crippen LogP contribution in [0, 0.1) is 0 Å². The molecule has 24 heavy (non-hydrogen) atoms. The van der Waals surface area contributed by atoms with E-state index in [0.717, 1.165) is 18.0 Å². The van der Waals surface area contributed by atoms with Crippen LogP contribution in [0.3, 0.4) is 0 Å². The molecule has 0 spiro atoms. The van der Waals surface area contributed by atoms with Crippen LogP contribution in [-0.4, -0.2) is 35.4 Å². The van der Waals surface area contributed by atoms with E-state index in [9.17, 15) is 5.11 Å². The van der Waals surface area contributed by atoms with E-state index in [1.54, 1.807) is 26.2 Å². The van der Waals surface area contributed by atoms with Gasteiger partial charge in [-0.2, -0.15) is 0 Å². The largest absolute Gasteiger partial charge is 0.501 e. The van der Waals surface area contributed by atoms with Crippen molar-refractivity contribution >= 4 is 0 Å². The van der Waals surface area contributed by atoms with Gasteiger partial charge in [0.05, 0.1) is 18.5 Å². The van der Waals surface area contributed by atoms with Crippen molar-refractivity contribution in [2.75, 3.05) is 19.8 Å². The molecular formula is C20H29NO3. The topological polar surface area (TPSA) is 41.9 Å². The lowest BCUT2D eigenvalue weighted by molar-refractivity contribution is 0.0481. The molecular weight excluding hydrogens is 302 g/mol. The molecule has 0 atom stereocenters. The predicted molar refractivity (Wildman–Crippen MR) is 99.0 cm³/mol. The van der Waals surface area contributed by atoms with E-state index >= 15 is 0 Å². The monoisotopic (exact) mass is 331 g/mol. The average molecular weight is 331 g/mol. The van der Waals surface area contributed by atoms with Gasteiger partial charge in [-0.05, 0) is 51.2 Å². The fraction of sp³-hybridized carbons (Fsp3) is 0.400. The summed E-state index contributed by atoms with van der Waals surface area (Å²) in [6.45, 7) is 11.2. The summed E-state index contributed by atoms with van der Waals surface area (Å²) in [7, 11) is 0. The highest BCUT2D eigenvalue weighted by Gasteiger charge is 2.11. The Morgan fingerprint density at radius 1 is 1.46 bits per heavy atom. The molecule has 1 heterocycles. The number of rotatable bonds is 10. The van der Waals surface area contributed by atoms with Gasteiger partial charge in [-0.1, -0.05) is 18.7 Å². The molecule has 1 aliphatic rings. The molecule has 0 saturated carbocycles. The summed E-state index contributed by atoms with van der Waals surface area (Å²) in [6, 6.07) is 0. The maximum absolute atomic E-state index is 9.60. The Balaban J connectivity index is 2.44. The molecule has 0 unspecified atom stereocenters. The van der Waals surface area contributed by atoms with Crippen molar-refractivity contribution in [3.05, 3.63) is 73.0 Å². The zero-order valence-electron chi connectivity index (χ0n) is 14.9. The molecule has 1 aliphatic heterocycles. The molecule has 0 amide bonds. The van der Waals surface area contributed by atoms with E-state index in [4.69, 9.17) is 9.47 Å². The lowest BCUT2D eigenvalue weighted by Crippen LogP contribution is -2.20. The number of ether oxygens (including phenoxy) is 2. The minimum Gasteiger partial charge on any atom is -0.501 e. The van der Waals surface area contributed by atoms with Gasteiger partial charge in [0, 0.05) is 24.9 Å². The molecule has 0 radical (unpaired) electrons. The summed E-state index contributed by atoms with van der Waals surface area (Å²) in [6.07, 6.45) is 17.7. The highest BCUT2D eigenvalue weighted by atomic mass is 16.5. The van der Waals surface area contributed by atoms with Crippen LogP contribution in [0.1, 0.15) is 27.2 Å². The van der Waals surface area contributed by atoms with Crippen molar-refractivity contribution in [3.63, 3.8) is 0 Å². The summed E-state index contributed by atoms with van der Waals surface area (Å²) in [5.74, 6) is 0.873. The van der Waals surface area contributed by atoms with Crippen LogP contribution in [0.2, 0.25) is 0 Å². The highest BCUT2D eigenvalue weighted by Crippen LogP contribution is 2.15. The van der Waals surface area contributed by atoms with Gasteiger partial charge in [-0.15, -0.1) is 0 Å². The SMILES string of the molecule is C=C/C(=C\C=C\OCCC(C)(C)O)N1C=CC(OC/C=C/C)=CC1. The summed E-state index contributed by atoms with van der Waals surface area (Å²) >= 11 is 0. The van der Waals surface area contributed by atoms with Crippen molar-refractivity contribution in [2.45, 2.75) is 32.8 Å². The van der Waals surface area contributed by atoms with Crippen molar-refractivity contribution in [3.8, 4) is 0 Å². The first-order chi connectivity index (χ1) is 11.5. The van der Waals surface area contributed by atoms with Crippen LogP contribution in [0.5, 0.6) is 0 Å². The lowest BCUT2D eigenvalue weighted by Gasteiger charge is -2.23. The number of nitrogens with zero attached hydrogens (tertiary/aromatic N) is 1. The van der Waals surface area contributed by atoms with Crippen LogP contribution >= 0.6 is 0 Å². The molecule has 0 aromatic heterocycles. The van der Waals surface area contributed by atoms with E-state index in [1.165, 1.54) is 0 Å². The van der Waals surface area contributed by atoms with Gasteiger partial charge in [0.25, 0.3) is 0 Å². The molecule has 1 N–H and O–H groups in total. The maximum Gasteiger partial charge on any atom is 0.119 e. The van der Waals surface area contributed by atoms with Crippen LogP contribution in [0.15, 0.2) is 73.0 Å². The first-order valence-corrected chi connectivity index (χ1v) is 8.18. The second-order valence-corrected chi connectivity index (χ2v) is 6.01. The van der Waals surface area contributed by atoms with Gasteiger partial charge < -0.3 is 19.5 Å². The summed E-state index contributed by atoms with van der Waals surface area (Å²) < 4.78 is 11.0. The number of hydrogen-bond donors (Lipinski definition) is 1. The Labute approximate surface area is 145 Å². The van der Waals surface area contributed by atoms with Gasteiger partial charge in [-0.3, -0.25) is 0 Å². The number of allylic oxidation sites excluding steroid dienone is 5. The van der Waals surface area contributed by atoms with E-state index in [1.807, 2.05) is 49.6 Å². The molecule has 4 nitrogen and oxygen atoms in total. The van der Waals surface area contributed by atoms with Gasteiger partial charge in [0.2, 0.25) is 0 Å². The second kappa shape index (κ2) is 10.6. The van der Waals surface area contributed by atoms with Gasteiger partial charge in [0.1, 0.15) is 12.4 Å². The lowest BCUT2D eigenvalue weighted by atomic mass is 10.1. The summed E-state index contributed by atoms with van der Waals surface area (Å²) in [4.78, 5) is 2.07. The summed E-state index contributed by atoms with van der Waals surface area (Å²) in [5, 5.41) is 9.60. The molecule has 0 bridgehead atoms. The minimum atomic E-state index is -0.701. The van der Waals surface area contributed by atoms with E-state index in [0.29, 0.717) is 19.6 Å². The molecule has 1 rings (SSSR count). The number of hydrogen-bond acceptors (Lipinski definition) is 4. The Bertz CT molecular complexity index is 534. The highest BCUT2D eigenvalue weighted by molar-refractivity contribution is 5.28. The summed E-state index contributed by atoms with van der Waals surface area (Å²) in [5.41, 5.74) is 0.269. The second-order valence-electron chi connectivity index (χ2n) is 6.01. The Kier molecular flexibility index (Phi) is 8.72. The molecule has 0 aliphatic carbocycles. The molecule has 0 saturated heterocycles. The quantitative estimate of drug-likeness (QED) is 0.284.